The van der Waals surface area contributed by atoms with E-state index in [0.717, 1.165) is 0 Å². The van der Waals surface area contributed by atoms with Crippen molar-refractivity contribution in [3.05, 3.63) is 69.6 Å². The Balaban J connectivity index is 1.52. The van der Waals surface area contributed by atoms with Crippen molar-refractivity contribution in [2.24, 2.45) is 0 Å². The Kier molecular flexibility index (Phi) is 3.90. The molecule has 0 spiro atoms. The number of hydrogen-bond donors (Lipinski definition) is 0. The zero-order chi connectivity index (χ0) is 18.4. The summed E-state index contributed by atoms with van der Waals surface area (Å²) < 4.78 is 1.58. The van der Waals surface area contributed by atoms with E-state index >= 15 is 0 Å². The molecule has 26 heavy (non-hydrogen) atoms. The highest BCUT2D eigenvalue weighted by molar-refractivity contribution is 6.36. The van der Waals surface area contributed by atoms with E-state index in [1.165, 1.54) is 18.2 Å². The number of carbonyl (C=O) groups is 3. The molecule has 0 fully saturated rings. The molecule has 2 aromatic heterocycles. The Labute approximate surface area is 156 Å². The molecule has 3 heterocycles. The standard InChI is InChI=1S/C17H9Cl2N3O4/c18-9-5-13(19)15-20-10(8-21(15)7-9)6-14(23)26-22-16(24)11-3-1-2-4-12(11)17(22)25/h1-5,7-8H,6H2. The number of amides is 2. The van der Waals surface area contributed by atoms with E-state index in [-0.39, 0.29) is 17.5 Å². The van der Waals surface area contributed by atoms with Gasteiger partial charge >= 0.3 is 5.97 Å². The van der Waals surface area contributed by atoms with Crippen LogP contribution in [0.2, 0.25) is 10.0 Å². The Morgan fingerprint density at radius 2 is 1.73 bits per heavy atom. The lowest BCUT2D eigenvalue weighted by molar-refractivity contribution is -0.167. The first-order valence-corrected chi connectivity index (χ1v) is 8.21. The van der Waals surface area contributed by atoms with Crippen LogP contribution in [-0.2, 0) is 16.1 Å². The minimum atomic E-state index is -0.801. The van der Waals surface area contributed by atoms with Crippen LogP contribution in [0.4, 0.5) is 0 Å². The molecule has 1 aromatic carbocycles. The number of rotatable bonds is 3. The van der Waals surface area contributed by atoms with Gasteiger partial charge in [0.2, 0.25) is 0 Å². The van der Waals surface area contributed by atoms with Crippen molar-refractivity contribution in [1.82, 2.24) is 14.4 Å². The van der Waals surface area contributed by atoms with Gasteiger partial charge in [0.1, 0.15) is 0 Å². The lowest BCUT2D eigenvalue weighted by Gasteiger charge is -2.11. The fourth-order valence-electron chi connectivity index (χ4n) is 2.69. The van der Waals surface area contributed by atoms with Crippen LogP contribution in [0.1, 0.15) is 26.4 Å². The van der Waals surface area contributed by atoms with Crippen molar-refractivity contribution in [3.8, 4) is 0 Å². The number of pyridine rings is 1. The summed E-state index contributed by atoms with van der Waals surface area (Å²) in [6.07, 6.45) is 2.91. The summed E-state index contributed by atoms with van der Waals surface area (Å²) in [7, 11) is 0. The van der Waals surface area contributed by atoms with E-state index in [0.29, 0.717) is 26.4 Å². The number of halogens is 2. The Morgan fingerprint density at radius 1 is 1.08 bits per heavy atom. The average molecular weight is 390 g/mol. The number of hydrogen-bond acceptors (Lipinski definition) is 5. The molecule has 0 unspecified atom stereocenters. The van der Waals surface area contributed by atoms with Gasteiger partial charge < -0.3 is 9.24 Å². The number of aromatic nitrogens is 2. The van der Waals surface area contributed by atoms with E-state index in [4.69, 9.17) is 28.0 Å². The van der Waals surface area contributed by atoms with Crippen LogP contribution in [0.15, 0.2) is 42.7 Å². The first kappa shape index (κ1) is 16.6. The molecule has 9 heteroatoms. The molecule has 0 saturated carbocycles. The fourth-order valence-corrected chi connectivity index (χ4v) is 3.22. The van der Waals surface area contributed by atoms with Gasteiger partial charge in [0, 0.05) is 12.4 Å². The summed E-state index contributed by atoms with van der Waals surface area (Å²) in [5.74, 6) is -2.15. The number of imide groups is 1. The molecule has 130 valence electrons. The van der Waals surface area contributed by atoms with Gasteiger partial charge in [-0.05, 0) is 18.2 Å². The van der Waals surface area contributed by atoms with Gasteiger partial charge in [-0.2, -0.15) is 0 Å². The van der Waals surface area contributed by atoms with E-state index in [1.807, 2.05) is 0 Å². The monoisotopic (exact) mass is 389 g/mol. The Morgan fingerprint density at radius 3 is 2.38 bits per heavy atom. The summed E-state index contributed by atoms with van der Waals surface area (Å²) in [5, 5.41) is 1.21. The second-order valence-electron chi connectivity index (χ2n) is 5.56. The van der Waals surface area contributed by atoms with Crippen LogP contribution in [-0.4, -0.2) is 32.2 Å². The minimum absolute atomic E-state index is 0.194. The molecule has 4 rings (SSSR count). The summed E-state index contributed by atoms with van der Waals surface area (Å²) >= 11 is 12.0. The van der Waals surface area contributed by atoms with E-state index in [1.54, 1.807) is 28.9 Å². The quantitative estimate of drug-likeness (QED) is 0.643. The molecule has 0 atom stereocenters. The van der Waals surface area contributed by atoms with Gasteiger partial charge in [0.05, 0.1) is 33.3 Å². The summed E-state index contributed by atoms with van der Waals surface area (Å²) in [6, 6.07) is 7.78. The average Bonchev–Trinajstić information content (AvgIpc) is 3.10. The largest absolute Gasteiger partial charge is 0.339 e. The van der Waals surface area contributed by atoms with Crippen molar-refractivity contribution >= 4 is 46.6 Å². The predicted molar refractivity (Wildman–Crippen MR) is 92.0 cm³/mol. The minimum Gasteiger partial charge on any atom is -0.329 e. The molecule has 0 saturated heterocycles. The highest BCUT2D eigenvalue weighted by Crippen LogP contribution is 2.24. The smallest absolute Gasteiger partial charge is 0.329 e. The number of benzene rings is 1. The predicted octanol–water partition coefficient (Wildman–Crippen LogP) is 2.94. The van der Waals surface area contributed by atoms with Crippen molar-refractivity contribution in [2.75, 3.05) is 0 Å². The number of carbonyl (C=O) groups excluding carboxylic acids is 3. The van der Waals surface area contributed by atoms with Gasteiger partial charge in [-0.3, -0.25) is 9.59 Å². The Bertz CT molecular complexity index is 1060. The molecule has 0 N–H and O–H groups in total. The normalized spacial score (nSPS) is 13.4. The SMILES string of the molecule is O=C(Cc1cn2cc(Cl)cc(Cl)c2n1)ON1C(=O)c2ccccc2C1=O. The molecule has 3 aromatic rings. The van der Waals surface area contributed by atoms with E-state index in [9.17, 15) is 14.4 Å². The van der Waals surface area contributed by atoms with Crippen LogP contribution >= 0.6 is 23.2 Å². The van der Waals surface area contributed by atoms with Gasteiger partial charge in [-0.1, -0.05) is 40.4 Å². The zero-order valence-electron chi connectivity index (χ0n) is 13.0. The maximum atomic E-state index is 12.2. The van der Waals surface area contributed by atoms with Crippen molar-refractivity contribution in [2.45, 2.75) is 6.42 Å². The molecule has 1 aliphatic heterocycles. The van der Waals surface area contributed by atoms with Gasteiger partial charge in [-0.15, -0.1) is 0 Å². The highest BCUT2D eigenvalue weighted by atomic mass is 35.5. The third kappa shape index (κ3) is 2.71. The second kappa shape index (κ2) is 6.12. The first-order valence-electron chi connectivity index (χ1n) is 7.45. The first-order chi connectivity index (χ1) is 12.4. The lowest BCUT2D eigenvalue weighted by atomic mass is 10.1. The van der Waals surface area contributed by atoms with Crippen LogP contribution in [0.3, 0.4) is 0 Å². The molecule has 1 aliphatic rings. The summed E-state index contributed by atoms with van der Waals surface area (Å²) in [6.45, 7) is 0. The maximum absolute atomic E-state index is 12.2. The number of imidazole rings is 1. The van der Waals surface area contributed by atoms with Crippen LogP contribution in [0.5, 0.6) is 0 Å². The van der Waals surface area contributed by atoms with Crippen molar-refractivity contribution < 1.29 is 19.2 Å². The number of fused-ring (bicyclic) bond motifs is 2. The zero-order valence-corrected chi connectivity index (χ0v) is 14.5. The lowest BCUT2D eigenvalue weighted by Crippen LogP contribution is -2.33. The van der Waals surface area contributed by atoms with E-state index in [2.05, 4.69) is 4.98 Å². The number of hydroxylamine groups is 2. The van der Waals surface area contributed by atoms with Gasteiger partial charge in [0.25, 0.3) is 11.8 Å². The second-order valence-corrected chi connectivity index (χ2v) is 6.40. The summed E-state index contributed by atoms with van der Waals surface area (Å²) in [4.78, 5) is 45.7. The molecule has 0 radical (unpaired) electrons. The van der Waals surface area contributed by atoms with Gasteiger partial charge in [0.15, 0.2) is 5.65 Å². The molecule has 0 aliphatic carbocycles. The summed E-state index contributed by atoms with van der Waals surface area (Å²) in [5.41, 5.74) is 1.18. The van der Waals surface area contributed by atoms with Crippen LogP contribution < -0.4 is 0 Å². The molecular formula is C17H9Cl2N3O4. The van der Waals surface area contributed by atoms with E-state index < -0.39 is 17.8 Å². The molecule has 0 bridgehead atoms. The van der Waals surface area contributed by atoms with Crippen molar-refractivity contribution in [1.29, 1.82) is 0 Å². The van der Waals surface area contributed by atoms with Crippen LogP contribution in [0.25, 0.3) is 5.65 Å². The number of nitrogens with zero attached hydrogens (tertiary/aromatic N) is 3. The molecular weight excluding hydrogens is 381 g/mol. The van der Waals surface area contributed by atoms with Crippen LogP contribution in [0, 0.1) is 0 Å². The molecule has 2 amide bonds. The van der Waals surface area contributed by atoms with Gasteiger partial charge in [-0.25, -0.2) is 9.78 Å². The highest BCUT2D eigenvalue weighted by Gasteiger charge is 2.38. The molecule has 7 nitrogen and oxygen atoms in total. The maximum Gasteiger partial charge on any atom is 0.339 e. The third-order valence-corrected chi connectivity index (χ3v) is 4.28. The fraction of sp³-hybridized carbons (Fsp3) is 0.0588. The topological polar surface area (TPSA) is 81.0 Å². The van der Waals surface area contributed by atoms with Crippen molar-refractivity contribution in [3.63, 3.8) is 0 Å². The Hall–Kier alpha value is -2.90. The third-order valence-electron chi connectivity index (χ3n) is 3.80.